The van der Waals surface area contributed by atoms with Crippen LogP contribution in [0.4, 0.5) is 0 Å². The smallest absolute Gasteiger partial charge is 0.0224 e. The van der Waals surface area contributed by atoms with Gasteiger partial charge in [-0.25, -0.2) is 0 Å². The van der Waals surface area contributed by atoms with E-state index in [9.17, 15) is 0 Å². The number of nitrogens with zero attached hydrogens (tertiary/aromatic N) is 1. The lowest BCUT2D eigenvalue weighted by atomic mass is 10.2. The van der Waals surface area contributed by atoms with Crippen molar-refractivity contribution in [3.8, 4) is 0 Å². The minimum absolute atomic E-state index is 0.739. The molecule has 3 heteroatoms. The molecule has 1 atom stereocenters. The molecule has 2 rings (SSSR count). The van der Waals surface area contributed by atoms with Crippen molar-refractivity contribution in [2.75, 3.05) is 19.6 Å². The summed E-state index contributed by atoms with van der Waals surface area (Å²) < 4.78 is 0. The molecule has 0 radical (unpaired) electrons. The van der Waals surface area contributed by atoms with Crippen LogP contribution in [0.15, 0.2) is 11.6 Å². The van der Waals surface area contributed by atoms with E-state index < -0.39 is 0 Å². The molecular weight excluding hydrogens is 196 g/mol. The molecule has 14 heavy (non-hydrogen) atoms. The largest absolute Gasteiger partial charge is 0.312 e. The topological polar surface area (TPSA) is 15.3 Å². The normalized spacial score (nSPS) is 29.1. The molecule has 2 aliphatic rings. The van der Waals surface area contributed by atoms with Crippen molar-refractivity contribution in [2.45, 2.75) is 37.8 Å². The second kappa shape index (κ2) is 5.15. The van der Waals surface area contributed by atoms with Gasteiger partial charge in [0.2, 0.25) is 0 Å². The van der Waals surface area contributed by atoms with E-state index in [0.717, 1.165) is 18.6 Å². The maximum Gasteiger partial charge on any atom is 0.0224 e. The van der Waals surface area contributed by atoms with Gasteiger partial charge < -0.3 is 5.32 Å². The fraction of sp³-hybridized carbons (Fsp3) is 0.818. The lowest BCUT2D eigenvalue weighted by Crippen LogP contribution is -2.38. The quantitative estimate of drug-likeness (QED) is 0.753. The van der Waals surface area contributed by atoms with Crippen molar-refractivity contribution in [3.05, 3.63) is 11.6 Å². The van der Waals surface area contributed by atoms with Gasteiger partial charge >= 0.3 is 0 Å². The van der Waals surface area contributed by atoms with E-state index in [2.05, 4.69) is 10.2 Å². The summed E-state index contributed by atoms with van der Waals surface area (Å²) in [5.41, 5.74) is 1.63. The maximum absolute atomic E-state index is 5.54. The Labute approximate surface area is 91.3 Å². The van der Waals surface area contributed by atoms with Crippen LogP contribution in [0.1, 0.15) is 25.7 Å². The molecule has 80 valence electrons. The summed E-state index contributed by atoms with van der Waals surface area (Å²) in [6, 6.07) is 1.57. The molecule has 0 aromatic rings. The van der Waals surface area contributed by atoms with E-state index in [0.29, 0.717) is 0 Å². The summed E-state index contributed by atoms with van der Waals surface area (Å²) >= 11 is 5.54. The Balaban J connectivity index is 1.71. The third-order valence-electron chi connectivity index (χ3n) is 3.15. The van der Waals surface area contributed by atoms with Crippen LogP contribution in [-0.2, 0) is 0 Å². The number of likely N-dealkylation sites (tertiary alicyclic amines) is 1. The van der Waals surface area contributed by atoms with E-state index >= 15 is 0 Å². The molecule has 1 unspecified atom stereocenters. The second-order valence-electron chi connectivity index (χ2n) is 4.34. The van der Waals surface area contributed by atoms with Crippen LogP contribution >= 0.6 is 11.6 Å². The highest BCUT2D eigenvalue weighted by molar-refractivity contribution is 6.25. The van der Waals surface area contributed by atoms with Gasteiger partial charge in [-0.1, -0.05) is 17.7 Å². The number of nitrogens with one attached hydrogen (secondary N) is 1. The fourth-order valence-corrected chi connectivity index (χ4v) is 2.21. The van der Waals surface area contributed by atoms with E-state index in [-0.39, 0.29) is 0 Å². The standard InChI is InChI=1S/C11H19ClN2/c12-6-2-8-14-7-1-3-11(14)9-13-10-4-5-10/h2,6,10-11,13H,1,3-5,7-9H2/b6-2+. The van der Waals surface area contributed by atoms with Crippen molar-refractivity contribution in [2.24, 2.45) is 0 Å². The van der Waals surface area contributed by atoms with Gasteiger partial charge in [0, 0.05) is 30.7 Å². The van der Waals surface area contributed by atoms with Gasteiger partial charge in [0.25, 0.3) is 0 Å². The SMILES string of the molecule is Cl/C=C/CN1CCCC1CNC1CC1. The molecule has 0 spiro atoms. The fourth-order valence-electron chi connectivity index (χ4n) is 2.13. The van der Waals surface area contributed by atoms with Crippen molar-refractivity contribution in [1.82, 2.24) is 10.2 Å². The number of halogens is 1. The van der Waals surface area contributed by atoms with Gasteiger partial charge in [-0.05, 0) is 32.2 Å². The zero-order valence-corrected chi connectivity index (χ0v) is 9.34. The third-order valence-corrected chi connectivity index (χ3v) is 3.33. The van der Waals surface area contributed by atoms with Gasteiger partial charge in [-0.3, -0.25) is 4.90 Å². The van der Waals surface area contributed by atoms with Gasteiger partial charge in [0.1, 0.15) is 0 Å². The molecule has 2 fully saturated rings. The van der Waals surface area contributed by atoms with Crippen LogP contribution in [0.2, 0.25) is 0 Å². The molecule has 1 saturated heterocycles. The van der Waals surface area contributed by atoms with Gasteiger partial charge in [-0.15, -0.1) is 0 Å². The number of hydrogen-bond donors (Lipinski definition) is 1. The molecule has 0 amide bonds. The average molecular weight is 215 g/mol. The molecule has 1 aliphatic carbocycles. The number of hydrogen-bond acceptors (Lipinski definition) is 2. The first-order valence-electron chi connectivity index (χ1n) is 5.63. The summed E-state index contributed by atoms with van der Waals surface area (Å²) in [4.78, 5) is 2.52. The van der Waals surface area contributed by atoms with Crippen molar-refractivity contribution >= 4 is 11.6 Å². The number of rotatable bonds is 5. The summed E-state index contributed by atoms with van der Waals surface area (Å²) in [5, 5.41) is 3.61. The minimum atomic E-state index is 0.739. The van der Waals surface area contributed by atoms with Crippen LogP contribution in [0.3, 0.4) is 0 Å². The van der Waals surface area contributed by atoms with Crippen molar-refractivity contribution in [3.63, 3.8) is 0 Å². The van der Waals surface area contributed by atoms with E-state index in [1.807, 2.05) is 6.08 Å². The van der Waals surface area contributed by atoms with Crippen LogP contribution < -0.4 is 5.32 Å². The predicted octanol–water partition coefficient (Wildman–Crippen LogP) is 1.96. The molecule has 0 bridgehead atoms. The molecule has 0 aromatic heterocycles. The summed E-state index contributed by atoms with van der Waals surface area (Å²) in [5.74, 6) is 0. The zero-order valence-electron chi connectivity index (χ0n) is 8.58. The molecule has 1 heterocycles. The summed E-state index contributed by atoms with van der Waals surface area (Å²) in [7, 11) is 0. The van der Waals surface area contributed by atoms with Gasteiger partial charge in [0.15, 0.2) is 0 Å². The Morgan fingerprint density at radius 2 is 2.21 bits per heavy atom. The third kappa shape index (κ3) is 2.97. The first-order chi connectivity index (χ1) is 6.90. The Morgan fingerprint density at radius 1 is 1.36 bits per heavy atom. The first kappa shape index (κ1) is 10.5. The molecule has 0 aromatic carbocycles. The summed E-state index contributed by atoms with van der Waals surface area (Å²) in [6.07, 6.45) is 7.49. The van der Waals surface area contributed by atoms with Crippen LogP contribution in [0.25, 0.3) is 0 Å². The monoisotopic (exact) mass is 214 g/mol. The van der Waals surface area contributed by atoms with Crippen molar-refractivity contribution < 1.29 is 0 Å². The second-order valence-corrected chi connectivity index (χ2v) is 4.59. The molecular formula is C11H19ClN2. The van der Waals surface area contributed by atoms with E-state index in [1.54, 1.807) is 5.54 Å². The average Bonchev–Trinajstić information content (AvgIpc) is 2.92. The zero-order chi connectivity index (χ0) is 9.80. The Kier molecular flexibility index (Phi) is 3.85. The maximum atomic E-state index is 5.54. The highest BCUT2D eigenvalue weighted by Gasteiger charge is 2.26. The molecule has 2 nitrogen and oxygen atoms in total. The Bertz CT molecular complexity index is 201. The van der Waals surface area contributed by atoms with Gasteiger partial charge in [-0.2, -0.15) is 0 Å². The minimum Gasteiger partial charge on any atom is -0.312 e. The molecule has 1 saturated carbocycles. The van der Waals surface area contributed by atoms with Crippen LogP contribution in [0.5, 0.6) is 0 Å². The Hall–Kier alpha value is -0.0500. The molecule has 1 N–H and O–H groups in total. The highest BCUT2D eigenvalue weighted by atomic mass is 35.5. The van der Waals surface area contributed by atoms with Crippen LogP contribution in [-0.4, -0.2) is 36.6 Å². The van der Waals surface area contributed by atoms with Gasteiger partial charge in [0.05, 0.1) is 0 Å². The lowest BCUT2D eigenvalue weighted by molar-refractivity contribution is 0.272. The Morgan fingerprint density at radius 3 is 2.93 bits per heavy atom. The van der Waals surface area contributed by atoms with E-state index in [1.165, 1.54) is 38.8 Å². The highest BCUT2D eigenvalue weighted by Crippen LogP contribution is 2.21. The summed E-state index contributed by atoms with van der Waals surface area (Å²) in [6.45, 7) is 3.42. The van der Waals surface area contributed by atoms with Crippen LogP contribution in [0, 0.1) is 0 Å². The first-order valence-corrected chi connectivity index (χ1v) is 6.06. The molecule has 1 aliphatic heterocycles. The predicted molar refractivity (Wildman–Crippen MR) is 60.6 cm³/mol. The van der Waals surface area contributed by atoms with Crippen molar-refractivity contribution in [1.29, 1.82) is 0 Å². The van der Waals surface area contributed by atoms with E-state index in [4.69, 9.17) is 11.6 Å². The lowest BCUT2D eigenvalue weighted by Gasteiger charge is -2.23.